The first-order chi connectivity index (χ1) is 26.7. The van der Waals surface area contributed by atoms with Crippen LogP contribution in [-0.2, 0) is 46.4 Å². The zero-order valence-corrected chi connectivity index (χ0v) is 32.4. The molecule has 1 aliphatic heterocycles. The fourth-order valence-corrected chi connectivity index (χ4v) is 6.34. The molecule has 1 fully saturated rings. The highest BCUT2D eigenvalue weighted by molar-refractivity contribution is 5.97. The van der Waals surface area contributed by atoms with E-state index in [1.165, 1.54) is 6.92 Å². The van der Waals surface area contributed by atoms with Gasteiger partial charge in [0.1, 0.15) is 36.3 Å². The van der Waals surface area contributed by atoms with Crippen molar-refractivity contribution in [3.8, 4) is 0 Å². The van der Waals surface area contributed by atoms with Gasteiger partial charge in [-0.25, -0.2) is 0 Å². The van der Waals surface area contributed by atoms with Crippen molar-refractivity contribution < 1.29 is 38.7 Å². The number of carbonyl (C=O) groups excluding carboxylic acids is 7. The first kappa shape index (κ1) is 43.0. The van der Waals surface area contributed by atoms with Crippen molar-refractivity contribution in [2.24, 2.45) is 11.8 Å². The van der Waals surface area contributed by atoms with Gasteiger partial charge in [-0.1, -0.05) is 76.2 Å². The molecule has 9 N–H and O–H groups in total. The fraction of sp³-hybridized carbons (Fsp3) is 0.475. The Labute approximate surface area is 326 Å². The van der Waals surface area contributed by atoms with Crippen LogP contribution in [-0.4, -0.2) is 101 Å². The fourth-order valence-electron chi connectivity index (χ4n) is 6.34. The standard InChI is InChI=1S/C40H54N8O8/c1-22(2)33-39(55)45-29(18-25-12-7-6-8-13-25)37(53)48-34(23(3)4)40(56)46-31(21-49)38(54)44-30(19-26-20-42-28-15-10-9-14-27(26)28)36(52)41-17-11-16-32(50)43-24(5)35(51)47-33/h6-10,12-15,20,22-24,29-31,33-34,42,49H,11,16-19,21H2,1-5H3,(H,41,52)(H,43,50)(H,44,54)(H,45,55)(H,46,56)(H,47,51)(H,48,53)/t24-,29+,30-,31+,33-,34-/m1/s1. The number of aromatic amines is 1. The summed E-state index contributed by atoms with van der Waals surface area (Å²) in [5, 5.41) is 29.8. The van der Waals surface area contributed by atoms with Crippen LogP contribution >= 0.6 is 0 Å². The normalized spacial score (nSPS) is 24.4. The van der Waals surface area contributed by atoms with Crippen molar-refractivity contribution in [2.45, 2.75) is 96.6 Å². The molecule has 16 heteroatoms. The Kier molecular flexibility index (Phi) is 15.5. The number of nitrogens with one attached hydrogen (secondary N) is 8. The maximum atomic E-state index is 14.0. The maximum Gasteiger partial charge on any atom is 0.245 e. The van der Waals surface area contributed by atoms with Gasteiger partial charge in [-0.3, -0.25) is 33.6 Å². The molecule has 0 spiro atoms. The second-order valence-electron chi connectivity index (χ2n) is 14.8. The van der Waals surface area contributed by atoms with E-state index in [1.807, 2.05) is 24.3 Å². The summed E-state index contributed by atoms with van der Waals surface area (Å²) in [5.74, 6) is -5.55. The molecule has 7 amide bonds. The van der Waals surface area contributed by atoms with Crippen LogP contribution in [0.15, 0.2) is 60.8 Å². The largest absolute Gasteiger partial charge is 0.394 e. The number of amides is 7. The summed E-state index contributed by atoms with van der Waals surface area (Å²) in [4.78, 5) is 97.8. The number of hydrogen-bond donors (Lipinski definition) is 9. The SMILES string of the molecule is CC(C)[C@H]1NC(=O)[C@H](Cc2ccccc2)NC(=O)[C@@H](C(C)C)NC(=O)[C@@H](C)NC(=O)CCCNC(=O)[C@@H](Cc2c[nH]c3ccccc23)NC(=O)[C@H](CO)NC1=O. The summed E-state index contributed by atoms with van der Waals surface area (Å²) in [6, 6.07) is 9.18. The van der Waals surface area contributed by atoms with Crippen LogP contribution in [0.5, 0.6) is 0 Å². The number of aliphatic hydroxyl groups excluding tert-OH is 1. The Balaban J connectivity index is 1.65. The molecule has 0 saturated carbocycles. The van der Waals surface area contributed by atoms with Gasteiger partial charge < -0.3 is 47.3 Å². The van der Waals surface area contributed by atoms with E-state index in [9.17, 15) is 38.7 Å². The lowest BCUT2D eigenvalue weighted by Gasteiger charge is -2.29. The van der Waals surface area contributed by atoms with Crippen molar-refractivity contribution in [2.75, 3.05) is 13.2 Å². The van der Waals surface area contributed by atoms with E-state index in [2.05, 4.69) is 42.2 Å². The van der Waals surface area contributed by atoms with E-state index in [-0.39, 0.29) is 32.2 Å². The van der Waals surface area contributed by atoms with E-state index >= 15 is 0 Å². The number of aliphatic hydroxyl groups is 1. The second kappa shape index (κ2) is 20.2. The van der Waals surface area contributed by atoms with Crippen molar-refractivity contribution in [1.82, 2.24) is 42.2 Å². The molecule has 302 valence electrons. The number of carbonyl (C=O) groups is 7. The lowest BCUT2D eigenvalue weighted by molar-refractivity contribution is -0.136. The number of rotatable bonds is 7. The number of fused-ring (bicyclic) bond motifs is 1. The Morgan fingerprint density at radius 1 is 0.625 bits per heavy atom. The number of benzene rings is 2. The average Bonchev–Trinajstić information content (AvgIpc) is 3.57. The van der Waals surface area contributed by atoms with Crippen molar-refractivity contribution in [3.63, 3.8) is 0 Å². The number of para-hydroxylation sites is 1. The van der Waals surface area contributed by atoms with Crippen molar-refractivity contribution >= 4 is 52.3 Å². The number of hydrogen-bond acceptors (Lipinski definition) is 8. The van der Waals surface area contributed by atoms with Gasteiger partial charge in [0.15, 0.2) is 0 Å². The molecule has 0 unspecified atom stereocenters. The summed E-state index contributed by atoms with van der Waals surface area (Å²) >= 11 is 0. The third-order valence-electron chi connectivity index (χ3n) is 9.61. The van der Waals surface area contributed by atoms with E-state index in [4.69, 9.17) is 0 Å². The molecule has 4 rings (SSSR count). The molecular weight excluding hydrogens is 720 g/mol. The van der Waals surface area contributed by atoms with Crippen molar-refractivity contribution in [1.29, 1.82) is 0 Å². The lowest BCUT2D eigenvalue weighted by atomic mass is 9.99. The molecule has 1 saturated heterocycles. The first-order valence-electron chi connectivity index (χ1n) is 19.0. The minimum absolute atomic E-state index is 0.0393. The van der Waals surface area contributed by atoms with Gasteiger partial charge in [-0.05, 0) is 42.4 Å². The molecule has 0 aliphatic carbocycles. The maximum absolute atomic E-state index is 14.0. The molecule has 3 aromatic rings. The highest BCUT2D eigenvalue weighted by Crippen LogP contribution is 2.19. The zero-order valence-electron chi connectivity index (χ0n) is 32.4. The highest BCUT2D eigenvalue weighted by atomic mass is 16.3. The van der Waals surface area contributed by atoms with E-state index in [1.54, 1.807) is 64.2 Å². The van der Waals surface area contributed by atoms with Crippen LogP contribution in [0.3, 0.4) is 0 Å². The molecule has 56 heavy (non-hydrogen) atoms. The summed E-state index contributed by atoms with van der Waals surface area (Å²) in [5.41, 5.74) is 2.26. The highest BCUT2D eigenvalue weighted by Gasteiger charge is 2.35. The van der Waals surface area contributed by atoms with Gasteiger partial charge in [-0.2, -0.15) is 0 Å². The predicted molar refractivity (Wildman–Crippen MR) is 208 cm³/mol. The smallest absolute Gasteiger partial charge is 0.245 e. The molecule has 6 atom stereocenters. The minimum Gasteiger partial charge on any atom is -0.394 e. The van der Waals surface area contributed by atoms with Crippen molar-refractivity contribution in [3.05, 3.63) is 71.9 Å². The third kappa shape index (κ3) is 11.9. The zero-order chi connectivity index (χ0) is 40.9. The molecule has 0 radical (unpaired) electrons. The summed E-state index contributed by atoms with van der Waals surface area (Å²) < 4.78 is 0. The number of aromatic nitrogens is 1. The summed E-state index contributed by atoms with van der Waals surface area (Å²) in [7, 11) is 0. The van der Waals surface area contributed by atoms with Gasteiger partial charge in [0.05, 0.1) is 6.61 Å². The van der Waals surface area contributed by atoms with Crippen LogP contribution in [0, 0.1) is 11.8 Å². The monoisotopic (exact) mass is 774 g/mol. The number of H-pyrrole nitrogens is 1. The first-order valence-corrected chi connectivity index (χ1v) is 19.0. The molecule has 2 heterocycles. The topological polar surface area (TPSA) is 240 Å². The Morgan fingerprint density at radius 3 is 1.82 bits per heavy atom. The van der Waals surface area contributed by atoms with Crippen LogP contribution in [0.25, 0.3) is 10.9 Å². The average molecular weight is 775 g/mol. The quantitative estimate of drug-likeness (QED) is 0.159. The van der Waals surface area contributed by atoms with E-state index < -0.39 is 96.0 Å². The van der Waals surface area contributed by atoms with Gasteiger partial charge in [0, 0.05) is 42.9 Å². The van der Waals surface area contributed by atoms with Gasteiger partial charge in [0.25, 0.3) is 0 Å². The Morgan fingerprint density at radius 2 is 1.18 bits per heavy atom. The molecule has 2 aromatic carbocycles. The lowest BCUT2D eigenvalue weighted by Crippen LogP contribution is -2.61. The summed E-state index contributed by atoms with van der Waals surface area (Å²) in [6.45, 7) is 7.52. The Bertz CT molecular complexity index is 1860. The van der Waals surface area contributed by atoms with Gasteiger partial charge in [-0.15, -0.1) is 0 Å². The minimum atomic E-state index is -1.50. The predicted octanol–water partition coefficient (Wildman–Crippen LogP) is 0.0961. The second-order valence-corrected chi connectivity index (χ2v) is 14.8. The molecular formula is C40H54N8O8. The molecule has 16 nitrogen and oxygen atoms in total. The Hall–Kier alpha value is -5.77. The van der Waals surface area contributed by atoms with Crippen LogP contribution in [0.4, 0.5) is 0 Å². The van der Waals surface area contributed by atoms with Crippen LogP contribution < -0.4 is 37.2 Å². The van der Waals surface area contributed by atoms with Gasteiger partial charge >= 0.3 is 0 Å². The molecule has 1 aromatic heterocycles. The summed E-state index contributed by atoms with van der Waals surface area (Å²) in [6.07, 6.45) is 1.98. The van der Waals surface area contributed by atoms with Gasteiger partial charge in [0.2, 0.25) is 41.4 Å². The van der Waals surface area contributed by atoms with E-state index in [0.717, 1.165) is 16.5 Å². The third-order valence-corrected chi connectivity index (χ3v) is 9.61. The molecule has 0 bridgehead atoms. The van der Waals surface area contributed by atoms with E-state index in [0.29, 0.717) is 5.56 Å². The van der Waals surface area contributed by atoms with Crippen LogP contribution in [0.1, 0.15) is 58.6 Å². The van der Waals surface area contributed by atoms with Crippen LogP contribution in [0.2, 0.25) is 0 Å². The molecule has 1 aliphatic rings.